The summed E-state index contributed by atoms with van der Waals surface area (Å²) in [6.07, 6.45) is 1.87. The summed E-state index contributed by atoms with van der Waals surface area (Å²) in [6, 6.07) is -0.389. The fraction of sp³-hybridized carbons (Fsp3) is 0.857. The average Bonchev–Trinajstić information content (AvgIpc) is 2.33. The van der Waals surface area contributed by atoms with E-state index >= 15 is 0 Å². The van der Waals surface area contributed by atoms with Crippen LogP contribution in [0.25, 0.3) is 0 Å². The first-order valence-corrected chi connectivity index (χ1v) is 6.96. The highest BCUT2D eigenvalue weighted by molar-refractivity contribution is 5.99. The molecule has 2 rings (SSSR count). The molecule has 5 nitrogen and oxygen atoms in total. The van der Waals surface area contributed by atoms with Gasteiger partial charge < -0.3 is 15.0 Å². The summed E-state index contributed by atoms with van der Waals surface area (Å²) in [5.41, 5.74) is -0.749. The van der Waals surface area contributed by atoms with E-state index in [1.807, 2.05) is 0 Å². The minimum Gasteiger partial charge on any atom is -0.381 e. The number of hydrogen-bond donors (Lipinski definition) is 1. The summed E-state index contributed by atoms with van der Waals surface area (Å²) in [7, 11) is 0. The molecular weight excluding hydrogens is 244 g/mol. The van der Waals surface area contributed by atoms with Gasteiger partial charge in [-0.2, -0.15) is 0 Å². The van der Waals surface area contributed by atoms with Gasteiger partial charge in [-0.05, 0) is 39.0 Å². The summed E-state index contributed by atoms with van der Waals surface area (Å²) in [4.78, 5) is 26.2. The van der Waals surface area contributed by atoms with Crippen LogP contribution in [-0.4, -0.2) is 48.1 Å². The van der Waals surface area contributed by atoms with Gasteiger partial charge in [0.1, 0.15) is 11.6 Å². The summed E-state index contributed by atoms with van der Waals surface area (Å²) < 4.78 is 5.39. The third kappa shape index (κ3) is 2.76. The number of piperazine rings is 1. The van der Waals surface area contributed by atoms with Crippen molar-refractivity contribution in [3.05, 3.63) is 0 Å². The number of carbonyl (C=O) groups is 2. The van der Waals surface area contributed by atoms with Crippen molar-refractivity contribution in [2.45, 2.75) is 52.1 Å². The number of ether oxygens (including phenoxy) is 1. The predicted octanol–water partition coefficient (Wildman–Crippen LogP) is 0.929. The van der Waals surface area contributed by atoms with Crippen molar-refractivity contribution < 1.29 is 14.3 Å². The van der Waals surface area contributed by atoms with Crippen molar-refractivity contribution >= 4 is 11.8 Å². The molecule has 0 aliphatic carbocycles. The molecule has 1 atom stereocenters. The van der Waals surface area contributed by atoms with E-state index in [1.165, 1.54) is 0 Å². The normalized spacial score (nSPS) is 30.1. The van der Waals surface area contributed by atoms with Crippen LogP contribution in [0.4, 0.5) is 0 Å². The topological polar surface area (TPSA) is 58.6 Å². The standard InChI is InChI=1S/C14H24N2O3/c1-10-11(17)15-13(2,3)12(18)16(10)9-14(4)5-7-19-8-6-14/h10H,5-9H2,1-4H3,(H,15,17). The first-order chi connectivity index (χ1) is 8.75. The van der Waals surface area contributed by atoms with E-state index in [9.17, 15) is 9.59 Å². The van der Waals surface area contributed by atoms with Crippen LogP contribution in [-0.2, 0) is 14.3 Å². The van der Waals surface area contributed by atoms with Crippen LogP contribution in [0, 0.1) is 5.41 Å². The van der Waals surface area contributed by atoms with Crippen molar-refractivity contribution in [1.29, 1.82) is 0 Å². The first-order valence-electron chi connectivity index (χ1n) is 6.96. The summed E-state index contributed by atoms with van der Waals surface area (Å²) >= 11 is 0. The smallest absolute Gasteiger partial charge is 0.248 e. The van der Waals surface area contributed by atoms with Gasteiger partial charge in [-0.1, -0.05) is 6.92 Å². The molecular formula is C14H24N2O3. The zero-order valence-corrected chi connectivity index (χ0v) is 12.3. The van der Waals surface area contributed by atoms with Crippen LogP contribution >= 0.6 is 0 Å². The maximum atomic E-state index is 12.5. The number of hydrogen-bond acceptors (Lipinski definition) is 3. The Morgan fingerprint density at radius 2 is 1.84 bits per heavy atom. The molecule has 0 aromatic rings. The third-order valence-electron chi connectivity index (χ3n) is 4.33. The molecule has 2 heterocycles. The number of nitrogens with one attached hydrogen (secondary N) is 1. The van der Waals surface area contributed by atoms with Gasteiger partial charge in [0.05, 0.1) is 0 Å². The van der Waals surface area contributed by atoms with Gasteiger partial charge in [0.15, 0.2) is 0 Å². The summed E-state index contributed by atoms with van der Waals surface area (Å²) in [6.45, 7) is 9.61. The number of rotatable bonds is 2. The maximum absolute atomic E-state index is 12.5. The monoisotopic (exact) mass is 268 g/mol. The fourth-order valence-electron chi connectivity index (χ4n) is 2.78. The van der Waals surface area contributed by atoms with Crippen LogP contribution in [0.5, 0.6) is 0 Å². The molecule has 108 valence electrons. The van der Waals surface area contributed by atoms with E-state index in [0.29, 0.717) is 6.54 Å². The zero-order chi connectivity index (χ0) is 14.3. The highest BCUT2D eigenvalue weighted by Gasteiger charge is 2.45. The lowest BCUT2D eigenvalue weighted by Crippen LogP contribution is -2.68. The SMILES string of the molecule is CC1C(=O)NC(C)(C)C(=O)N1CC1(C)CCOCC1. The Hall–Kier alpha value is -1.10. The Morgan fingerprint density at radius 3 is 2.42 bits per heavy atom. The molecule has 1 N–H and O–H groups in total. The number of nitrogens with zero attached hydrogens (tertiary/aromatic N) is 1. The molecule has 2 aliphatic rings. The van der Waals surface area contributed by atoms with Gasteiger partial charge in [-0.15, -0.1) is 0 Å². The van der Waals surface area contributed by atoms with Gasteiger partial charge in [-0.3, -0.25) is 9.59 Å². The molecule has 0 saturated carbocycles. The van der Waals surface area contributed by atoms with E-state index in [-0.39, 0.29) is 23.3 Å². The summed E-state index contributed by atoms with van der Waals surface area (Å²) in [5, 5.41) is 2.78. The van der Waals surface area contributed by atoms with Gasteiger partial charge >= 0.3 is 0 Å². The van der Waals surface area contributed by atoms with E-state index in [2.05, 4.69) is 12.2 Å². The van der Waals surface area contributed by atoms with E-state index in [1.54, 1.807) is 25.7 Å². The predicted molar refractivity (Wildman–Crippen MR) is 71.6 cm³/mol. The Morgan fingerprint density at radius 1 is 1.26 bits per heavy atom. The molecule has 0 aromatic carbocycles. The Kier molecular flexibility index (Phi) is 3.60. The Bertz CT molecular complexity index is 386. The lowest BCUT2D eigenvalue weighted by Gasteiger charge is -2.46. The van der Waals surface area contributed by atoms with Crippen LogP contribution in [0.3, 0.4) is 0 Å². The average molecular weight is 268 g/mol. The molecule has 2 saturated heterocycles. The second-order valence-corrected chi connectivity index (χ2v) is 6.65. The molecule has 19 heavy (non-hydrogen) atoms. The van der Waals surface area contributed by atoms with Crippen molar-refractivity contribution in [3.8, 4) is 0 Å². The van der Waals surface area contributed by atoms with Crippen LogP contribution in [0.15, 0.2) is 0 Å². The number of carbonyl (C=O) groups excluding carboxylic acids is 2. The molecule has 2 fully saturated rings. The molecule has 1 unspecified atom stereocenters. The molecule has 0 spiro atoms. The lowest BCUT2D eigenvalue weighted by molar-refractivity contribution is -0.155. The summed E-state index contributed by atoms with van der Waals surface area (Å²) in [5.74, 6) is -0.0624. The lowest BCUT2D eigenvalue weighted by atomic mass is 9.80. The fourth-order valence-corrected chi connectivity index (χ4v) is 2.78. The van der Waals surface area contributed by atoms with Crippen molar-refractivity contribution in [3.63, 3.8) is 0 Å². The van der Waals surface area contributed by atoms with Crippen LogP contribution in [0.1, 0.15) is 40.5 Å². The minimum absolute atomic E-state index is 0.00677. The van der Waals surface area contributed by atoms with E-state index < -0.39 is 5.54 Å². The minimum atomic E-state index is -0.800. The number of amides is 2. The van der Waals surface area contributed by atoms with Crippen molar-refractivity contribution in [2.75, 3.05) is 19.8 Å². The van der Waals surface area contributed by atoms with Crippen molar-refractivity contribution in [2.24, 2.45) is 5.41 Å². The second kappa shape index (κ2) is 4.78. The quantitative estimate of drug-likeness (QED) is 0.810. The third-order valence-corrected chi connectivity index (χ3v) is 4.33. The Labute approximate surface area is 114 Å². The molecule has 0 radical (unpaired) electrons. The molecule has 0 bridgehead atoms. The highest BCUT2D eigenvalue weighted by atomic mass is 16.5. The molecule has 2 amide bonds. The van der Waals surface area contributed by atoms with E-state index in [0.717, 1.165) is 26.1 Å². The van der Waals surface area contributed by atoms with Crippen LogP contribution in [0.2, 0.25) is 0 Å². The molecule has 0 aromatic heterocycles. The van der Waals surface area contributed by atoms with Gasteiger partial charge in [0.25, 0.3) is 0 Å². The zero-order valence-electron chi connectivity index (χ0n) is 12.3. The second-order valence-electron chi connectivity index (χ2n) is 6.65. The molecule has 2 aliphatic heterocycles. The molecule has 5 heteroatoms. The Balaban J connectivity index is 2.16. The van der Waals surface area contributed by atoms with E-state index in [4.69, 9.17) is 4.74 Å². The van der Waals surface area contributed by atoms with Crippen LogP contribution < -0.4 is 5.32 Å². The maximum Gasteiger partial charge on any atom is 0.248 e. The largest absolute Gasteiger partial charge is 0.381 e. The highest BCUT2D eigenvalue weighted by Crippen LogP contribution is 2.33. The first kappa shape index (κ1) is 14.3. The van der Waals surface area contributed by atoms with Gasteiger partial charge in [0.2, 0.25) is 11.8 Å². The van der Waals surface area contributed by atoms with Gasteiger partial charge in [-0.25, -0.2) is 0 Å². The van der Waals surface area contributed by atoms with Crippen molar-refractivity contribution in [1.82, 2.24) is 10.2 Å². The van der Waals surface area contributed by atoms with Gasteiger partial charge in [0, 0.05) is 19.8 Å².